The van der Waals surface area contributed by atoms with Gasteiger partial charge < -0.3 is 10.1 Å². The van der Waals surface area contributed by atoms with Gasteiger partial charge in [0, 0.05) is 6.42 Å². The summed E-state index contributed by atoms with van der Waals surface area (Å²) in [7, 11) is 0. The van der Waals surface area contributed by atoms with Crippen LogP contribution in [0, 0.1) is 11.3 Å². The number of amides is 1. The molecule has 0 saturated carbocycles. The SMILES string of the molecule is N#Cc1ccccc1OCC1CCC(=O)N1. The molecule has 1 N–H and O–H groups in total. The van der Waals surface area contributed by atoms with Gasteiger partial charge in [-0.2, -0.15) is 5.26 Å². The van der Waals surface area contributed by atoms with Crippen molar-refractivity contribution in [2.75, 3.05) is 6.61 Å². The second-order valence-corrected chi connectivity index (χ2v) is 3.72. The maximum atomic E-state index is 11.0. The zero-order valence-corrected chi connectivity index (χ0v) is 8.77. The molecule has 4 nitrogen and oxygen atoms in total. The van der Waals surface area contributed by atoms with E-state index in [2.05, 4.69) is 11.4 Å². The summed E-state index contributed by atoms with van der Waals surface area (Å²) in [6, 6.07) is 9.22. The van der Waals surface area contributed by atoms with Gasteiger partial charge in [-0.25, -0.2) is 0 Å². The summed E-state index contributed by atoms with van der Waals surface area (Å²) in [5.41, 5.74) is 0.520. The molecule has 1 saturated heterocycles. The first kappa shape index (κ1) is 10.5. The molecule has 0 aliphatic carbocycles. The van der Waals surface area contributed by atoms with Crippen LogP contribution < -0.4 is 10.1 Å². The molecule has 0 bridgehead atoms. The second-order valence-electron chi connectivity index (χ2n) is 3.72. The number of ether oxygens (including phenoxy) is 1. The van der Waals surface area contributed by atoms with E-state index >= 15 is 0 Å². The maximum Gasteiger partial charge on any atom is 0.220 e. The highest BCUT2D eigenvalue weighted by Gasteiger charge is 2.21. The van der Waals surface area contributed by atoms with Gasteiger partial charge in [-0.3, -0.25) is 4.79 Å². The largest absolute Gasteiger partial charge is 0.490 e. The molecule has 1 unspecified atom stereocenters. The Kier molecular flexibility index (Phi) is 3.06. The van der Waals surface area contributed by atoms with Gasteiger partial charge in [0.25, 0.3) is 0 Å². The van der Waals surface area contributed by atoms with E-state index in [0.29, 0.717) is 24.3 Å². The van der Waals surface area contributed by atoms with Crippen LogP contribution in [0.25, 0.3) is 0 Å². The molecule has 1 aliphatic rings. The summed E-state index contributed by atoms with van der Waals surface area (Å²) in [4.78, 5) is 11.0. The second kappa shape index (κ2) is 4.67. The molecule has 1 amide bonds. The summed E-state index contributed by atoms with van der Waals surface area (Å²) in [6.45, 7) is 0.421. The van der Waals surface area contributed by atoms with E-state index in [4.69, 9.17) is 10.00 Å². The highest BCUT2D eigenvalue weighted by Crippen LogP contribution is 2.17. The van der Waals surface area contributed by atoms with Crippen LogP contribution in [0.4, 0.5) is 0 Å². The summed E-state index contributed by atoms with van der Waals surface area (Å²) < 4.78 is 5.52. The lowest BCUT2D eigenvalue weighted by molar-refractivity contribution is -0.119. The van der Waals surface area contributed by atoms with Crippen molar-refractivity contribution in [1.82, 2.24) is 5.32 Å². The smallest absolute Gasteiger partial charge is 0.220 e. The van der Waals surface area contributed by atoms with Crippen molar-refractivity contribution in [1.29, 1.82) is 5.26 Å². The third kappa shape index (κ3) is 2.31. The summed E-state index contributed by atoms with van der Waals surface area (Å²) in [6.07, 6.45) is 1.36. The Labute approximate surface area is 93.8 Å². The molecule has 1 fully saturated rings. The van der Waals surface area contributed by atoms with Gasteiger partial charge >= 0.3 is 0 Å². The molecule has 1 aromatic rings. The predicted octanol–water partition coefficient (Wildman–Crippen LogP) is 1.22. The van der Waals surface area contributed by atoms with E-state index < -0.39 is 0 Å². The fraction of sp³-hybridized carbons (Fsp3) is 0.333. The van der Waals surface area contributed by atoms with Crippen LogP contribution in [-0.2, 0) is 4.79 Å². The van der Waals surface area contributed by atoms with Crippen LogP contribution in [0.3, 0.4) is 0 Å². The van der Waals surface area contributed by atoms with Crippen LogP contribution in [-0.4, -0.2) is 18.6 Å². The maximum absolute atomic E-state index is 11.0. The molecule has 1 atom stereocenters. The number of para-hydroxylation sites is 1. The first-order valence-electron chi connectivity index (χ1n) is 5.21. The summed E-state index contributed by atoms with van der Waals surface area (Å²) >= 11 is 0. The lowest BCUT2D eigenvalue weighted by atomic mass is 10.2. The van der Waals surface area contributed by atoms with Crippen molar-refractivity contribution in [3.05, 3.63) is 29.8 Å². The summed E-state index contributed by atoms with van der Waals surface area (Å²) in [5, 5.41) is 11.7. The Bertz CT molecular complexity index is 437. The molecule has 4 heteroatoms. The van der Waals surface area contributed by atoms with Crippen molar-refractivity contribution < 1.29 is 9.53 Å². The minimum atomic E-state index is 0.0687. The highest BCUT2D eigenvalue weighted by molar-refractivity contribution is 5.78. The van der Waals surface area contributed by atoms with E-state index in [0.717, 1.165) is 6.42 Å². The highest BCUT2D eigenvalue weighted by atomic mass is 16.5. The first-order valence-corrected chi connectivity index (χ1v) is 5.21. The minimum absolute atomic E-state index is 0.0687. The number of hydrogen-bond donors (Lipinski definition) is 1. The normalized spacial score (nSPS) is 18.9. The molecular weight excluding hydrogens is 204 g/mol. The molecule has 0 spiro atoms. The zero-order chi connectivity index (χ0) is 11.4. The Morgan fingerprint density at radius 3 is 3.00 bits per heavy atom. The fourth-order valence-electron chi connectivity index (χ4n) is 1.68. The molecule has 2 rings (SSSR count). The molecule has 82 valence electrons. The van der Waals surface area contributed by atoms with Gasteiger partial charge in [-0.05, 0) is 18.6 Å². The molecule has 1 aromatic carbocycles. The third-order valence-corrected chi connectivity index (χ3v) is 2.53. The lowest BCUT2D eigenvalue weighted by Gasteiger charge is -2.12. The Hall–Kier alpha value is -2.02. The van der Waals surface area contributed by atoms with Gasteiger partial charge in [-0.15, -0.1) is 0 Å². The molecule has 16 heavy (non-hydrogen) atoms. The quantitative estimate of drug-likeness (QED) is 0.826. The number of nitrogens with one attached hydrogen (secondary N) is 1. The average Bonchev–Trinajstić information content (AvgIpc) is 2.73. The topological polar surface area (TPSA) is 62.1 Å². The van der Waals surface area contributed by atoms with E-state index in [1.807, 2.05) is 6.07 Å². The number of nitriles is 1. The molecular formula is C12H12N2O2. The standard InChI is InChI=1S/C12H12N2O2/c13-7-9-3-1-2-4-11(9)16-8-10-5-6-12(15)14-10/h1-4,10H,5-6,8H2,(H,14,15). The number of carbonyl (C=O) groups is 1. The van der Waals surface area contributed by atoms with Crippen molar-refractivity contribution in [2.45, 2.75) is 18.9 Å². The number of hydrogen-bond acceptors (Lipinski definition) is 3. The number of rotatable bonds is 3. The van der Waals surface area contributed by atoms with Gasteiger partial charge in [0.05, 0.1) is 11.6 Å². The van der Waals surface area contributed by atoms with Crippen LogP contribution >= 0.6 is 0 Å². The van der Waals surface area contributed by atoms with Crippen LogP contribution in [0.5, 0.6) is 5.75 Å². The van der Waals surface area contributed by atoms with E-state index in [1.54, 1.807) is 18.2 Å². The van der Waals surface area contributed by atoms with E-state index in [1.165, 1.54) is 0 Å². The van der Waals surface area contributed by atoms with Crippen molar-refractivity contribution in [3.63, 3.8) is 0 Å². The summed E-state index contributed by atoms with van der Waals surface area (Å²) in [5.74, 6) is 0.647. The molecule has 0 aromatic heterocycles. The van der Waals surface area contributed by atoms with Crippen molar-refractivity contribution in [3.8, 4) is 11.8 Å². The monoisotopic (exact) mass is 216 g/mol. The number of benzene rings is 1. The lowest BCUT2D eigenvalue weighted by Crippen LogP contribution is -2.30. The van der Waals surface area contributed by atoms with Crippen LogP contribution in [0.2, 0.25) is 0 Å². The molecule has 1 heterocycles. The van der Waals surface area contributed by atoms with Crippen LogP contribution in [0.1, 0.15) is 18.4 Å². The Morgan fingerprint density at radius 2 is 2.31 bits per heavy atom. The van der Waals surface area contributed by atoms with Gasteiger partial charge in [-0.1, -0.05) is 12.1 Å². The number of nitrogens with zero attached hydrogens (tertiary/aromatic N) is 1. The van der Waals surface area contributed by atoms with Crippen LogP contribution in [0.15, 0.2) is 24.3 Å². The van der Waals surface area contributed by atoms with Crippen molar-refractivity contribution in [2.24, 2.45) is 0 Å². The fourth-order valence-corrected chi connectivity index (χ4v) is 1.68. The third-order valence-electron chi connectivity index (χ3n) is 2.53. The van der Waals surface area contributed by atoms with Gasteiger partial charge in [0.15, 0.2) is 0 Å². The van der Waals surface area contributed by atoms with Crippen molar-refractivity contribution >= 4 is 5.91 Å². The average molecular weight is 216 g/mol. The van der Waals surface area contributed by atoms with Gasteiger partial charge in [0.2, 0.25) is 5.91 Å². The zero-order valence-electron chi connectivity index (χ0n) is 8.77. The molecule has 0 radical (unpaired) electrons. The Morgan fingerprint density at radius 1 is 1.50 bits per heavy atom. The number of carbonyl (C=O) groups excluding carboxylic acids is 1. The van der Waals surface area contributed by atoms with E-state index in [-0.39, 0.29) is 11.9 Å². The predicted molar refractivity (Wildman–Crippen MR) is 57.8 cm³/mol. The minimum Gasteiger partial charge on any atom is -0.490 e. The molecule has 1 aliphatic heterocycles. The van der Waals surface area contributed by atoms with E-state index in [9.17, 15) is 4.79 Å². The Balaban J connectivity index is 1.95. The first-order chi connectivity index (χ1) is 7.79. The van der Waals surface area contributed by atoms with Gasteiger partial charge in [0.1, 0.15) is 18.4 Å².